The molecule has 1 aromatic heterocycles. The third-order valence-electron chi connectivity index (χ3n) is 4.08. The highest BCUT2D eigenvalue weighted by atomic mass is 32.2. The van der Waals surface area contributed by atoms with Crippen molar-refractivity contribution in [3.63, 3.8) is 0 Å². The molecule has 1 aliphatic heterocycles. The fraction of sp³-hybridized carbons (Fsp3) is 0.333. The van der Waals surface area contributed by atoms with Gasteiger partial charge in [0.1, 0.15) is 5.75 Å². The van der Waals surface area contributed by atoms with E-state index in [2.05, 4.69) is 4.98 Å². The molecule has 0 aliphatic carbocycles. The molecule has 2 heterocycles. The zero-order valence-electron chi connectivity index (χ0n) is 13.1. The van der Waals surface area contributed by atoms with Crippen LogP contribution in [0.4, 0.5) is 0 Å². The Morgan fingerprint density at radius 1 is 1.30 bits per heavy atom. The maximum absolute atomic E-state index is 12.7. The lowest BCUT2D eigenvalue weighted by atomic mass is 10.1. The Morgan fingerprint density at radius 2 is 2.09 bits per heavy atom. The van der Waals surface area contributed by atoms with E-state index in [1.165, 1.54) is 17.3 Å². The molecule has 5 heteroatoms. The highest BCUT2D eigenvalue weighted by molar-refractivity contribution is 8.00. The summed E-state index contributed by atoms with van der Waals surface area (Å²) in [5.74, 6) is 1.43. The van der Waals surface area contributed by atoms with Crippen LogP contribution in [-0.4, -0.2) is 35.2 Å². The van der Waals surface area contributed by atoms with Crippen molar-refractivity contribution in [2.24, 2.45) is 0 Å². The quantitative estimate of drug-likeness (QED) is 0.787. The van der Waals surface area contributed by atoms with Crippen LogP contribution in [0.1, 0.15) is 24.4 Å². The van der Waals surface area contributed by atoms with Crippen LogP contribution in [-0.2, 0) is 4.79 Å². The molecule has 1 fully saturated rings. The van der Waals surface area contributed by atoms with E-state index in [0.717, 1.165) is 30.0 Å². The van der Waals surface area contributed by atoms with Crippen LogP contribution < -0.4 is 4.74 Å². The minimum atomic E-state index is 0.181. The Balaban J connectivity index is 1.66. The van der Waals surface area contributed by atoms with E-state index in [1.54, 1.807) is 19.5 Å². The third kappa shape index (κ3) is 3.67. The summed E-state index contributed by atoms with van der Waals surface area (Å²) in [7, 11) is 1.65. The predicted octanol–water partition coefficient (Wildman–Crippen LogP) is 3.55. The Hall–Kier alpha value is -2.01. The van der Waals surface area contributed by atoms with Gasteiger partial charge in [0.2, 0.25) is 5.91 Å². The van der Waals surface area contributed by atoms with Crippen molar-refractivity contribution in [3.8, 4) is 5.75 Å². The molecule has 120 valence electrons. The van der Waals surface area contributed by atoms with Gasteiger partial charge in [-0.15, -0.1) is 11.8 Å². The summed E-state index contributed by atoms with van der Waals surface area (Å²) in [6.07, 6.45) is 5.66. The van der Waals surface area contributed by atoms with Crippen LogP contribution in [0.2, 0.25) is 0 Å². The van der Waals surface area contributed by atoms with Crippen molar-refractivity contribution >= 4 is 17.7 Å². The zero-order valence-corrected chi connectivity index (χ0v) is 14.0. The first-order valence-electron chi connectivity index (χ1n) is 7.75. The molecule has 2 aromatic rings. The van der Waals surface area contributed by atoms with Crippen LogP contribution >= 0.6 is 11.8 Å². The molecular formula is C18H20N2O2S. The Bertz CT molecular complexity index is 663. The van der Waals surface area contributed by atoms with Crippen molar-refractivity contribution in [3.05, 3.63) is 54.4 Å². The normalized spacial score (nSPS) is 17.3. The number of para-hydroxylation sites is 1. The summed E-state index contributed by atoms with van der Waals surface area (Å²) >= 11 is 1.54. The van der Waals surface area contributed by atoms with Gasteiger partial charge in [0.05, 0.1) is 18.9 Å². The number of carbonyl (C=O) groups excluding carboxylic acids is 1. The summed E-state index contributed by atoms with van der Waals surface area (Å²) in [5, 5.41) is 0. The SMILES string of the molecule is COc1ccccc1SCC(=O)N1CCC[C@@H]1c1ccncc1. The fourth-order valence-electron chi connectivity index (χ4n) is 2.96. The smallest absolute Gasteiger partial charge is 0.233 e. The number of aromatic nitrogens is 1. The maximum Gasteiger partial charge on any atom is 0.233 e. The van der Waals surface area contributed by atoms with Crippen LogP contribution in [0.15, 0.2) is 53.7 Å². The summed E-state index contributed by atoms with van der Waals surface area (Å²) in [6, 6.07) is 12.0. The second kappa shape index (κ2) is 7.51. The van der Waals surface area contributed by atoms with Crippen molar-refractivity contribution in [1.82, 2.24) is 9.88 Å². The number of benzene rings is 1. The van der Waals surface area contributed by atoms with Crippen LogP contribution in [0.25, 0.3) is 0 Å². The van der Waals surface area contributed by atoms with Gasteiger partial charge in [0.25, 0.3) is 0 Å². The number of amides is 1. The van der Waals surface area contributed by atoms with Crippen LogP contribution in [0.5, 0.6) is 5.75 Å². The van der Waals surface area contributed by atoms with E-state index in [1.807, 2.05) is 41.3 Å². The van der Waals surface area contributed by atoms with E-state index in [-0.39, 0.29) is 11.9 Å². The maximum atomic E-state index is 12.7. The highest BCUT2D eigenvalue weighted by Gasteiger charge is 2.29. The largest absolute Gasteiger partial charge is 0.496 e. The first-order valence-corrected chi connectivity index (χ1v) is 8.73. The molecule has 0 N–H and O–H groups in total. The Morgan fingerprint density at radius 3 is 2.87 bits per heavy atom. The highest BCUT2D eigenvalue weighted by Crippen LogP contribution is 2.34. The average Bonchev–Trinajstić information content (AvgIpc) is 3.10. The summed E-state index contributed by atoms with van der Waals surface area (Å²) in [4.78, 5) is 19.7. The number of rotatable bonds is 5. The van der Waals surface area contributed by atoms with Crippen molar-refractivity contribution < 1.29 is 9.53 Å². The number of methoxy groups -OCH3 is 1. The van der Waals surface area contributed by atoms with Gasteiger partial charge in [-0.2, -0.15) is 0 Å². The van der Waals surface area contributed by atoms with Crippen LogP contribution in [0.3, 0.4) is 0 Å². The third-order valence-corrected chi connectivity index (χ3v) is 5.12. The average molecular weight is 328 g/mol. The van der Waals surface area contributed by atoms with Gasteiger partial charge < -0.3 is 9.64 Å². The van der Waals surface area contributed by atoms with E-state index in [9.17, 15) is 4.79 Å². The summed E-state index contributed by atoms with van der Waals surface area (Å²) in [5.41, 5.74) is 1.17. The monoisotopic (exact) mass is 328 g/mol. The lowest BCUT2D eigenvalue weighted by Crippen LogP contribution is -2.31. The molecule has 1 aromatic carbocycles. The molecule has 0 saturated carbocycles. The van der Waals surface area contributed by atoms with Gasteiger partial charge in [0.15, 0.2) is 0 Å². The van der Waals surface area contributed by atoms with Gasteiger partial charge >= 0.3 is 0 Å². The van der Waals surface area contributed by atoms with Crippen molar-refractivity contribution in [1.29, 1.82) is 0 Å². The fourth-order valence-corrected chi connectivity index (χ4v) is 3.87. The lowest BCUT2D eigenvalue weighted by Gasteiger charge is -2.25. The second-order valence-corrected chi connectivity index (χ2v) is 6.48. The van der Waals surface area contributed by atoms with Gasteiger partial charge in [-0.3, -0.25) is 9.78 Å². The predicted molar refractivity (Wildman–Crippen MR) is 91.6 cm³/mol. The number of nitrogens with zero attached hydrogens (tertiary/aromatic N) is 2. The van der Waals surface area contributed by atoms with Gasteiger partial charge in [-0.1, -0.05) is 12.1 Å². The molecule has 3 rings (SSSR count). The molecule has 1 saturated heterocycles. The standard InChI is InChI=1S/C18H20N2O2S/c1-22-16-6-2-3-7-17(16)23-13-18(21)20-12-4-5-15(20)14-8-10-19-11-9-14/h2-3,6-11,15H,4-5,12-13H2,1H3/t15-/m1/s1. The van der Waals surface area contributed by atoms with Crippen molar-refractivity contribution in [2.45, 2.75) is 23.8 Å². The second-order valence-electron chi connectivity index (χ2n) is 5.47. The number of carbonyl (C=O) groups is 1. The molecular weight excluding hydrogens is 308 g/mol. The minimum Gasteiger partial charge on any atom is -0.496 e. The Labute approximate surface area is 140 Å². The van der Waals surface area contributed by atoms with Crippen LogP contribution in [0, 0.1) is 0 Å². The number of hydrogen-bond acceptors (Lipinski definition) is 4. The van der Waals surface area contributed by atoms with E-state index < -0.39 is 0 Å². The molecule has 23 heavy (non-hydrogen) atoms. The topological polar surface area (TPSA) is 42.4 Å². The summed E-state index contributed by atoms with van der Waals surface area (Å²) in [6.45, 7) is 0.832. The molecule has 0 bridgehead atoms. The zero-order chi connectivity index (χ0) is 16.1. The molecule has 0 unspecified atom stereocenters. The molecule has 1 aliphatic rings. The lowest BCUT2D eigenvalue weighted by molar-refractivity contribution is -0.129. The Kier molecular flexibility index (Phi) is 5.18. The molecule has 0 spiro atoms. The molecule has 1 atom stereocenters. The van der Waals surface area contributed by atoms with Gasteiger partial charge in [-0.25, -0.2) is 0 Å². The number of likely N-dealkylation sites (tertiary alicyclic amines) is 1. The van der Waals surface area contributed by atoms with Gasteiger partial charge in [0, 0.05) is 23.8 Å². The van der Waals surface area contributed by atoms with E-state index in [4.69, 9.17) is 4.74 Å². The van der Waals surface area contributed by atoms with Gasteiger partial charge in [-0.05, 0) is 42.7 Å². The molecule has 0 radical (unpaired) electrons. The first-order chi connectivity index (χ1) is 11.3. The first kappa shape index (κ1) is 15.9. The van der Waals surface area contributed by atoms with E-state index >= 15 is 0 Å². The molecule has 1 amide bonds. The number of thioether (sulfide) groups is 1. The summed E-state index contributed by atoms with van der Waals surface area (Å²) < 4.78 is 5.34. The molecule has 4 nitrogen and oxygen atoms in total. The number of ether oxygens (including phenoxy) is 1. The van der Waals surface area contributed by atoms with E-state index in [0.29, 0.717) is 5.75 Å². The minimum absolute atomic E-state index is 0.181. The number of hydrogen-bond donors (Lipinski definition) is 0. The number of pyridine rings is 1. The van der Waals surface area contributed by atoms with Crippen molar-refractivity contribution in [2.75, 3.05) is 19.4 Å².